The summed E-state index contributed by atoms with van der Waals surface area (Å²) in [5, 5.41) is 19.9. The molecule has 7 nitrogen and oxygen atoms in total. The van der Waals surface area contributed by atoms with Gasteiger partial charge in [0.15, 0.2) is 0 Å². The third-order valence-corrected chi connectivity index (χ3v) is 12.9. The van der Waals surface area contributed by atoms with Gasteiger partial charge >= 0.3 is 5.09 Å². The van der Waals surface area contributed by atoms with E-state index >= 15 is 0 Å². The van der Waals surface area contributed by atoms with E-state index in [0.717, 1.165) is 47.3 Å². The van der Waals surface area contributed by atoms with Crippen LogP contribution in [0.15, 0.2) is 0 Å². The van der Waals surface area contributed by atoms with Crippen molar-refractivity contribution in [2.75, 3.05) is 0 Å². The molecule has 0 amide bonds. The number of hydrogen-bond acceptors (Lipinski definition) is 6. The van der Waals surface area contributed by atoms with Gasteiger partial charge in [-0.1, -0.05) is 13.8 Å². The van der Waals surface area contributed by atoms with Crippen LogP contribution in [-0.4, -0.2) is 39.0 Å². The van der Waals surface area contributed by atoms with Crippen LogP contribution in [0.25, 0.3) is 0 Å². The average molecular weight is 401 g/mol. The van der Waals surface area contributed by atoms with Crippen LogP contribution < -0.4 is 5.32 Å². The van der Waals surface area contributed by atoms with Crippen molar-refractivity contribution in [1.29, 1.82) is 0 Å². The van der Waals surface area contributed by atoms with E-state index in [1.54, 1.807) is 13.8 Å². The van der Waals surface area contributed by atoms with Crippen molar-refractivity contribution in [2.24, 2.45) is 81.8 Å². The molecule has 12 saturated carbocycles. The Bertz CT molecular complexity index is 835. The maximum atomic E-state index is 12.5. The Balaban J connectivity index is 0.000000174. The number of aliphatic hydroxyl groups excluding tert-OH is 2. The summed E-state index contributed by atoms with van der Waals surface area (Å²) in [6, 6.07) is 0. The summed E-state index contributed by atoms with van der Waals surface area (Å²) < 4.78 is 0. The van der Waals surface area contributed by atoms with Crippen LogP contribution in [0, 0.1) is 86.8 Å². The minimum Gasteiger partial charge on any atom is -0.379 e. The van der Waals surface area contributed by atoms with Gasteiger partial charge in [-0.25, -0.2) is 0 Å². The number of nitrogens with zero attached hydrogens (tertiary/aromatic N) is 1. The lowest BCUT2D eigenvalue weighted by atomic mass is 8.95. The van der Waals surface area contributed by atoms with Crippen LogP contribution >= 0.6 is 0 Å². The molecule has 0 aromatic carbocycles. The highest BCUT2D eigenvalue weighted by atomic mass is 17.0. The van der Waals surface area contributed by atoms with Crippen molar-refractivity contribution < 1.29 is 25.0 Å². The average Bonchev–Trinajstić information content (AvgIpc) is 2.60. The molecule has 0 bridgehead atoms. The van der Waals surface area contributed by atoms with Gasteiger partial charge in [0.25, 0.3) is 0 Å². The first-order valence-electron chi connectivity index (χ1n) is 11.7. The second-order valence-corrected chi connectivity index (χ2v) is 12.7. The maximum Gasteiger partial charge on any atom is 0.478 e. The largest absolute Gasteiger partial charge is 0.478 e. The summed E-state index contributed by atoms with van der Waals surface area (Å²) in [6.45, 7) is 7.97. The van der Waals surface area contributed by atoms with Crippen LogP contribution in [0.2, 0.25) is 0 Å². The van der Waals surface area contributed by atoms with E-state index in [2.05, 4.69) is 19.2 Å². The van der Waals surface area contributed by atoms with Crippen molar-refractivity contribution in [3.8, 4) is 0 Å². The molecule has 0 aliphatic heterocycles. The van der Waals surface area contributed by atoms with E-state index in [9.17, 15) is 4.91 Å². The first-order chi connectivity index (χ1) is 13.7. The predicted octanol–water partition coefficient (Wildman–Crippen LogP) is 0.902. The van der Waals surface area contributed by atoms with Crippen molar-refractivity contribution in [2.45, 2.75) is 51.4 Å². The molecule has 0 radical (unpaired) electrons. The highest BCUT2D eigenvalue weighted by Crippen LogP contribution is 3.09. The third kappa shape index (κ3) is 0.962. The Morgan fingerprint density at radius 2 is 1.10 bits per heavy atom. The summed E-state index contributed by atoms with van der Waals surface area (Å²) in [4.78, 5) is 24.5. The van der Waals surface area contributed by atoms with Crippen LogP contribution in [0.4, 0.5) is 0 Å². The van der Waals surface area contributed by atoms with Gasteiger partial charge in [-0.3, -0.25) is 5.32 Å². The van der Waals surface area contributed by atoms with E-state index in [-0.39, 0.29) is 11.2 Å². The molecular weight excluding hydrogens is 372 g/mol. The fourth-order valence-electron chi connectivity index (χ4n) is 13.2. The van der Waals surface area contributed by atoms with E-state index in [1.165, 1.54) is 0 Å². The van der Waals surface area contributed by atoms with E-state index in [1.807, 2.05) is 0 Å². The summed E-state index contributed by atoms with van der Waals surface area (Å²) in [7, 11) is 0. The monoisotopic (exact) mass is 401 g/mol. The van der Waals surface area contributed by atoms with Gasteiger partial charge in [-0.15, -0.1) is 0 Å². The summed E-state index contributed by atoms with van der Waals surface area (Å²) in [6.07, 6.45) is -1.25. The van der Waals surface area contributed by atoms with Gasteiger partial charge in [0, 0.05) is 35.5 Å². The lowest BCUT2D eigenvalue weighted by molar-refractivity contribution is -1.05. The maximum absolute atomic E-state index is 12.5. The van der Waals surface area contributed by atoms with Crippen LogP contribution in [0.1, 0.15) is 27.7 Å². The SMILES string of the molecule is CC(O)NC(C)O.CC12C3C4C5C3C1C5(O[N+](=O)OC13C5C6C7C5C1C7(C)C63)C42. The summed E-state index contributed by atoms with van der Waals surface area (Å²) in [5.41, 5.74) is 1.03. The fraction of sp³-hybridized carbons (Fsp3) is 1.00. The molecule has 156 valence electrons. The van der Waals surface area contributed by atoms with Crippen molar-refractivity contribution in [3.05, 3.63) is 4.91 Å². The number of aliphatic hydroxyl groups is 2. The second kappa shape index (κ2) is 3.65. The first-order valence-corrected chi connectivity index (χ1v) is 11.7. The highest BCUT2D eigenvalue weighted by Gasteiger charge is 3.14. The normalized spacial score (nSPS) is 77.2. The zero-order chi connectivity index (χ0) is 19.8. The minimum atomic E-state index is -0.625. The van der Waals surface area contributed by atoms with Crippen LogP contribution in [-0.2, 0) is 9.68 Å². The van der Waals surface area contributed by atoms with Gasteiger partial charge < -0.3 is 10.2 Å². The zero-order valence-electron chi connectivity index (χ0n) is 17.1. The van der Waals surface area contributed by atoms with Crippen molar-refractivity contribution in [3.63, 3.8) is 0 Å². The lowest BCUT2D eigenvalue weighted by Crippen LogP contribution is -3.13. The van der Waals surface area contributed by atoms with Gasteiger partial charge in [-0.2, -0.15) is 9.68 Å². The fourth-order valence-corrected chi connectivity index (χ4v) is 13.2. The standard InChI is InChI=1S/C18H18NO3.C4H11NO2/c1-15-7-3-9-4(7)12(15)17(9,11(3)15)21-19(20)22-18-10-5-8-6(10)14(18)16(8,2)13(5)18;1-3(6)5-4(2)7/h3-14H,1-2H3;3-7H,1-2H3/q+1;. The number of rotatable bonds is 6. The molecule has 7 heteroatoms. The molecule has 12 fully saturated rings. The molecule has 0 aromatic heterocycles. The van der Waals surface area contributed by atoms with Crippen molar-refractivity contribution >= 4 is 0 Å². The van der Waals surface area contributed by atoms with Crippen LogP contribution in [0.3, 0.4) is 0 Å². The van der Waals surface area contributed by atoms with E-state index in [4.69, 9.17) is 19.9 Å². The van der Waals surface area contributed by atoms with Gasteiger partial charge in [0.2, 0.25) is 11.2 Å². The molecule has 10 unspecified atom stereocenters. The third-order valence-electron chi connectivity index (χ3n) is 12.9. The van der Waals surface area contributed by atoms with Crippen LogP contribution in [0.5, 0.6) is 0 Å². The highest BCUT2D eigenvalue weighted by molar-refractivity contribution is 5.57. The van der Waals surface area contributed by atoms with Gasteiger partial charge in [0.1, 0.15) is 17.4 Å². The Kier molecular flexibility index (Phi) is 1.99. The molecule has 12 aliphatic rings. The molecule has 0 aromatic rings. The molecule has 29 heavy (non-hydrogen) atoms. The Morgan fingerprint density at radius 3 is 1.34 bits per heavy atom. The number of nitrogens with one attached hydrogen (secondary N) is 1. The molecule has 10 atom stereocenters. The summed E-state index contributed by atoms with van der Waals surface area (Å²) in [5.74, 6) is 10.0. The van der Waals surface area contributed by atoms with E-state index in [0.29, 0.717) is 39.6 Å². The molecule has 3 N–H and O–H groups in total. The molecule has 0 spiro atoms. The molecule has 0 saturated heterocycles. The van der Waals surface area contributed by atoms with Crippen molar-refractivity contribution in [1.82, 2.24) is 5.32 Å². The Hall–Kier alpha value is -0.920. The zero-order valence-corrected chi connectivity index (χ0v) is 17.1. The molecule has 12 aliphatic carbocycles. The Morgan fingerprint density at radius 1 is 0.759 bits per heavy atom. The lowest BCUT2D eigenvalue weighted by Gasteiger charge is -3.08. The number of hydrogen-bond donors (Lipinski definition) is 3. The molecular formula is C22H29N2O5+. The molecule has 0 heterocycles. The van der Waals surface area contributed by atoms with Gasteiger partial charge in [0.05, 0.1) is 0 Å². The minimum absolute atomic E-state index is 0.0523. The summed E-state index contributed by atoms with van der Waals surface area (Å²) >= 11 is 0. The first kappa shape index (κ1) is 15.8. The topological polar surface area (TPSA) is 91.0 Å². The van der Waals surface area contributed by atoms with Gasteiger partial charge in [-0.05, 0) is 60.2 Å². The molecule has 12 rings (SSSR count). The predicted molar refractivity (Wildman–Crippen MR) is 95.9 cm³/mol. The quantitative estimate of drug-likeness (QED) is 0.453. The smallest absolute Gasteiger partial charge is 0.379 e. The van der Waals surface area contributed by atoms with E-state index < -0.39 is 12.5 Å². The second-order valence-electron chi connectivity index (χ2n) is 12.7. The Labute approximate surface area is 169 Å².